The van der Waals surface area contributed by atoms with Crippen molar-refractivity contribution in [2.45, 2.75) is 57.1 Å². The molecule has 2 heteroatoms. The van der Waals surface area contributed by atoms with Gasteiger partial charge in [0.15, 0.2) is 0 Å². The minimum atomic E-state index is -0.0388. The van der Waals surface area contributed by atoms with Gasteiger partial charge in [0.05, 0.1) is 6.10 Å². The van der Waals surface area contributed by atoms with E-state index in [4.69, 9.17) is 0 Å². The Labute approximate surface area is 99.3 Å². The van der Waals surface area contributed by atoms with E-state index in [0.717, 1.165) is 19.4 Å². The van der Waals surface area contributed by atoms with Crippen molar-refractivity contribution in [3.8, 4) is 0 Å². The van der Waals surface area contributed by atoms with Gasteiger partial charge in [-0.05, 0) is 38.6 Å². The van der Waals surface area contributed by atoms with Gasteiger partial charge in [0.1, 0.15) is 0 Å². The fourth-order valence-electron chi connectivity index (χ4n) is 3.46. The number of hydrogen-bond donors (Lipinski definition) is 1. The molecule has 1 N–H and O–H groups in total. The minimum Gasteiger partial charge on any atom is -0.393 e. The molecule has 0 aromatic heterocycles. The molecule has 2 aliphatic rings. The molecule has 0 aromatic carbocycles. The number of hydrogen-bond acceptors (Lipinski definition) is 2. The Kier molecular flexibility index (Phi) is 4.42. The Balaban J connectivity index is 1.92. The third-order valence-electron chi connectivity index (χ3n) is 4.31. The molecule has 1 saturated heterocycles. The molecule has 3 atom stereocenters. The minimum absolute atomic E-state index is 0.0388. The van der Waals surface area contributed by atoms with Crippen LogP contribution in [-0.2, 0) is 0 Å². The van der Waals surface area contributed by atoms with Gasteiger partial charge in [-0.3, -0.25) is 4.90 Å². The molecule has 1 heterocycles. The molecule has 3 unspecified atom stereocenters. The third-order valence-corrected chi connectivity index (χ3v) is 4.31. The van der Waals surface area contributed by atoms with Gasteiger partial charge in [0, 0.05) is 18.5 Å². The maximum absolute atomic E-state index is 10.1. The molecular weight excluding hydrogens is 198 g/mol. The van der Waals surface area contributed by atoms with Crippen LogP contribution in [0, 0.1) is 5.92 Å². The zero-order valence-corrected chi connectivity index (χ0v) is 10.3. The van der Waals surface area contributed by atoms with E-state index in [2.05, 4.69) is 11.5 Å². The molecule has 0 aromatic rings. The van der Waals surface area contributed by atoms with Crippen molar-refractivity contribution in [1.29, 1.82) is 0 Å². The fraction of sp³-hybridized carbons (Fsp3) is 0.857. The molecule has 0 amide bonds. The quantitative estimate of drug-likeness (QED) is 0.740. The summed E-state index contributed by atoms with van der Waals surface area (Å²) >= 11 is 0. The first kappa shape index (κ1) is 12.1. The second-order valence-electron chi connectivity index (χ2n) is 5.34. The number of aliphatic hydroxyl groups excluding tert-OH is 1. The first-order valence-corrected chi connectivity index (χ1v) is 6.86. The molecular formula is C14H25NO. The number of rotatable bonds is 4. The molecule has 0 bridgehead atoms. The van der Waals surface area contributed by atoms with Crippen LogP contribution in [0.4, 0.5) is 0 Å². The Morgan fingerprint density at radius 2 is 2.00 bits per heavy atom. The maximum atomic E-state index is 10.1. The van der Waals surface area contributed by atoms with E-state index in [0.29, 0.717) is 12.0 Å². The second kappa shape index (κ2) is 5.83. The van der Waals surface area contributed by atoms with Crippen molar-refractivity contribution >= 4 is 0 Å². The van der Waals surface area contributed by atoms with Crippen molar-refractivity contribution in [3.63, 3.8) is 0 Å². The number of aliphatic hydroxyl groups is 1. The van der Waals surface area contributed by atoms with Gasteiger partial charge in [0.2, 0.25) is 0 Å². The van der Waals surface area contributed by atoms with E-state index < -0.39 is 0 Å². The zero-order chi connectivity index (χ0) is 11.4. The van der Waals surface area contributed by atoms with Crippen molar-refractivity contribution in [1.82, 2.24) is 4.90 Å². The van der Waals surface area contributed by atoms with Gasteiger partial charge in [-0.25, -0.2) is 0 Å². The first-order chi connectivity index (χ1) is 7.83. The number of nitrogens with zero attached hydrogens (tertiary/aromatic N) is 1. The average molecular weight is 223 g/mol. The van der Waals surface area contributed by atoms with E-state index in [1.807, 2.05) is 6.08 Å². The van der Waals surface area contributed by atoms with Crippen LogP contribution in [0.2, 0.25) is 0 Å². The highest BCUT2D eigenvalue weighted by Crippen LogP contribution is 2.34. The molecule has 2 nitrogen and oxygen atoms in total. The molecule has 2 rings (SSSR count). The van der Waals surface area contributed by atoms with Gasteiger partial charge < -0.3 is 5.11 Å². The Morgan fingerprint density at radius 3 is 2.75 bits per heavy atom. The van der Waals surface area contributed by atoms with Crippen molar-refractivity contribution in [2.24, 2.45) is 5.92 Å². The maximum Gasteiger partial charge on any atom is 0.0583 e. The summed E-state index contributed by atoms with van der Waals surface area (Å²) in [6.45, 7) is 6.16. The third kappa shape index (κ3) is 2.67. The van der Waals surface area contributed by atoms with Crippen LogP contribution >= 0.6 is 0 Å². The standard InChI is InChI=1S/C14H25NO/c1-2-3-10-15-11-6-8-13(15)12-7-4-5-9-14(12)16/h2,12-14,16H,1,3-11H2. The Morgan fingerprint density at radius 1 is 1.19 bits per heavy atom. The smallest absolute Gasteiger partial charge is 0.0583 e. The summed E-state index contributed by atoms with van der Waals surface area (Å²) in [4.78, 5) is 2.58. The van der Waals surface area contributed by atoms with Crippen LogP contribution < -0.4 is 0 Å². The molecule has 1 aliphatic carbocycles. The van der Waals surface area contributed by atoms with Crippen LogP contribution in [0.25, 0.3) is 0 Å². The lowest BCUT2D eigenvalue weighted by Gasteiger charge is -2.37. The van der Waals surface area contributed by atoms with Crippen LogP contribution in [0.15, 0.2) is 12.7 Å². The van der Waals surface area contributed by atoms with E-state index in [1.54, 1.807) is 0 Å². The van der Waals surface area contributed by atoms with Gasteiger partial charge in [-0.15, -0.1) is 6.58 Å². The summed E-state index contributed by atoms with van der Waals surface area (Å²) in [5, 5.41) is 10.1. The van der Waals surface area contributed by atoms with Crippen LogP contribution in [0.1, 0.15) is 44.9 Å². The SMILES string of the molecule is C=CCCN1CCCC1C1CCCCC1O. The predicted molar refractivity (Wildman–Crippen MR) is 67.4 cm³/mol. The summed E-state index contributed by atoms with van der Waals surface area (Å²) in [5.74, 6) is 0.543. The van der Waals surface area contributed by atoms with Crippen molar-refractivity contribution < 1.29 is 5.11 Å². The lowest BCUT2D eigenvalue weighted by Crippen LogP contribution is -2.42. The largest absolute Gasteiger partial charge is 0.393 e. The molecule has 1 saturated carbocycles. The molecule has 0 radical (unpaired) electrons. The highest BCUT2D eigenvalue weighted by Gasteiger charge is 2.36. The lowest BCUT2D eigenvalue weighted by atomic mass is 9.80. The first-order valence-electron chi connectivity index (χ1n) is 6.86. The number of likely N-dealkylation sites (tertiary alicyclic amines) is 1. The highest BCUT2D eigenvalue weighted by molar-refractivity contribution is 4.90. The molecule has 16 heavy (non-hydrogen) atoms. The summed E-state index contributed by atoms with van der Waals surface area (Å²) in [6, 6.07) is 0.648. The van der Waals surface area contributed by atoms with E-state index >= 15 is 0 Å². The zero-order valence-electron chi connectivity index (χ0n) is 10.3. The summed E-state index contributed by atoms with van der Waals surface area (Å²) in [5.41, 5.74) is 0. The Hall–Kier alpha value is -0.340. The monoisotopic (exact) mass is 223 g/mol. The van der Waals surface area contributed by atoms with Gasteiger partial charge in [-0.2, -0.15) is 0 Å². The van der Waals surface area contributed by atoms with Crippen molar-refractivity contribution in [3.05, 3.63) is 12.7 Å². The van der Waals surface area contributed by atoms with Gasteiger partial charge >= 0.3 is 0 Å². The average Bonchev–Trinajstić information content (AvgIpc) is 2.75. The molecule has 92 valence electrons. The van der Waals surface area contributed by atoms with Crippen LogP contribution in [0.5, 0.6) is 0 Å². The van der Waals surface area contributed by atoms with Crippen molar-refractivity contribution in [2.75, 3.05) is 13.1 Å². The predicted octanol–water partition coefficient (Wildman–Crippen LogP) is 2.58. The van der Waals surface area contributed by atoms with Crippen LogP contribution in [0.3, 0.4) is 0 Å². The van der Waals surface area contributed by atoms with E-state index in [9.17, 15) is 5.11 Å². The molecule has 1 aliphatic heterocycles. The second-order valence-corrected chi connectivity index (χ2v) is 5.34. The molecule has 2 fully saturated rings. The summed E-state index contributed by atoms with van der Waals surface area (Å²) in [6.07, 6.45) is 10.4. The Bertz CT molecular complexity index is 229. The lowest BCUT2D eigenvalue weighted by molar-refractivity contribution is 0.0226. The van der Waals surface area contributed by atoms with E-state index in [-0.39, 0.29) is 6.10 Å². The van der Waals surface area contributed by atoms with Crippen LogP contribution in [-0.4, -0.2) is 35.2 Å². The summed E-state index contributed by atoms with van der Waals surface area (Å²) < 4.78 is 0. The van der Waals surface area contributed by atoms with E-state index in [1.165, 1.54) is 38.6 Å². The summed E-state index contributed by atoms with van der Waals surface area (Å²) in [7, 11) is 0. The normalized spacial score (nSPS) is 36.4. The highest BCUT2D eigenvalue weighted by atomic mass is 16.3. The topological polar surface area (TPSA) is 23.5 Å². The van der Waals surface area contributed by atoms with Gasteiger partial charge in [0.25, 0.3) is 0 Å². The fourth-order valence-corrected chi connectivity index (χ4v) is 3.46. The van der Waals surface area contributed by atoms with Gasteiger partial charge in [-0.1, -0.05) is 18.9 Å². The molecule has 0 spiro atoms.